The molecule has 5 heteroatoms. The first-order valence-corrected chi connectivity index (χ1v) is 7.44. The fourth-order valence-corrected chi connectivity index (χ4v) is 2.49. The van der Waals surface area contributed by atoms with Crippen molar-refractivity contribution in [2.75, 3.05) is 31.3 Å². The zero-order valence-electron chi connectivity index (χ0n) is 11.7. The van der Waals surface area contributed by atoms with Gasteiger partial charge in [0.2, 0.25) is 0 Å². The van der Waals surface area contributed by atoms with Crippen LogP contribution in [0.3, 0.4) is 0 Å². The van der Waals surface area contributed by atoms with Crippen LogP contribution in [0.25, 0.3) is 0 Å². The smallest absolute Gasteiger partial charge is 0.133 e. The summed E-state index contributed by atoms with van der Waals surface area (Å²) in [5.74, 6) is 2.91. The first kappa shape index (κ1) is 15.2. The lowest BCUT2D eigenvalue weighted by Gasteiger charge is -2.12. The van der Waals surface area contributed by atoms with Gasteiger partial charge in [0.15, 0.2) is 0 Å². The molecule has 0 bridgehead atoms. The van der Waals surface area contributed by atoms with E-state index in [9.17, 15) is 0 Å². The van der Waals surface area contributed by atoms with Crippen LogP contribution < -0.4 is 5.32 Å². The summed E-state index contributed by atoms with van der Waals surface area (Å²) in [5, 5.41) is 4.39. The van der Waals surface area contributed by atoms with Crippen molar-refractivity contribution in [2.45, 2.75) is 38.6 Å². The minimum absolute atomic E-state index is 0.803. The summed E-state index contributed by atoms with van der Waals surface area (Å²) >= 11 is 1.79. The first-order valence-electron chi connectivity index (χ1n) is 6.46. The Morgan fingerprint density at radius 1 is 1.28 bits per heavy atom. The molecule has 0 spiro atoms. The summed E-state index contributed by atoms with van der Waals surface area (Å²) in [5.41, 5.74) is 1.15. The van der Waals surface area contributed by atoms with Gasteiger partial charge >= 0.3 is 0 Å². The quantitative estimate of drug-likeness (QED) is 0.447. The van der Waals surface area contributed by atoms with Gasteiger partial charge < -0.3 is 10.1 Å². The highest BCUT2D eigenvalue weighted by Gasteiger charge is 2.09. The van der Waals surface area contributed by atoms with Crippen molar-refractivity contribution in [2.24, 2.45) is 0 Å². The van der Waals surface area contributed by atoms with Crippen molar-refractivity contribution in [1.82, 2.24) is 9.97 Å². The van der Waals surface area contributed by atoms with E-state index in [1.807, 2.05) is 0 Å². The molecule has 18 heavy (non-hydrogen) atoms. The van der Waals surface area contributed by atoms with Crippen LogP contribution in [0.1, 0.15) is 31.7 Å². The Bertz CT molecular complexity index is 371. The average molecular weight is 269 g/mol. The minimum atomic E-state index is 0.803. The van der Waals surface area contributed by atoms with E-state index in [0.29, 0.717) is 0 Å². The first-order chi connectivity index (χ1) is 8.72. The monoisotopic (exact) mass is 269 g/mol. The standard InChI is InChI=1S/C13H23N3OS/c1-5-11-15-12(14-6-2)10(3)13(16-11)18-9-7-8-17-4/h5-9H2,1-4H3,(H,14,15,16). The van der Waals surface area contributed by atoms with Gasteiger partial charge in [0, 0.05) is 38.0 Å². The summed E-state index contributed by atoms with van der Waals surface area (Å²) in [4.78, 5) is 9.13. The van der Waals surface area contributed by atoms with Gasteiger partial charge in [-0.2, -0.15) is 0 Å². The van der Waals surface area contributed by atoms with Gasteiger partial charge in [-0.3, -0.25) is 0 Å². The molecule has 0 fully saturated rings. The van der Waals surface area contributed by atoms with Crippen LogP contribution in [0.4, 0.5) is 5.82 Å². The number of rotatable bonds is 8. The van der Waals surface area contributed by atoms with Gasteiger partial charge in [-0.05, 0) is 20.3 Å². The number of aryl methyl sites for hydroxylation is 1. The molecule has 0 saturated heterocycles. The second-order valence-electron chi connectivity index (χ2n) is 4.00. The van der Waals surface area contributed by atoms with Gasteiger partial charge in [-0.1, -0.05) is 6.92 Å². The number of nitrogens with zero attached hydrogens (tertiary/aromatic N) is 2. The molecule has 0 aliphatic carbocycles. The highest BCUT2D eigenvalue weighted by Crippen LogP contribution is 2.25. The van der Waals surface area contributed by atoms with Crippen molar-refractivity contribution >= 4 is 17.6 Å². The summed E-state index contributed by atoms with van der Waals surface area (Å²) in [6.07, 6.45) is 1.91. The van der Waals surface area contributed by atoms with Crippen molar-refractivity contribution in [3.63, 3.8) is 0 Å². The molecule has 102 valence electrons. The molecular formula is C13H23N3OS. The Morgan fingerprint density at radius 2 is 2.06 bits per heavy atom. The molecule has 0 aromatic carbocycles. The van der Waals surface area contributed by atoms with Crippen LogP contribution in [0.2, 0.25) is 0 Å². The fourth-order valence-electron chi connectivity index (χ4n) is 1.55. The highest BCUT2D eigenvalue weighted by molar-refractivity contribution is 7.99. The van der Waals surface area contributed by atoms with Crippen LogP contribution in [0, 0.1) is 6.92 Å². The third-order valence-corrected chi connectivity index (χ3v) is 3.70. The zero-order valence-corrected chi connectivity index (χ0v) is 12.6. The molecule has 1 heterocycles. The maximum absolute atomic E-state index is 5.06. The number of anilines is 1. The SMILES string of the molecule is CCNc1nc(CC)nc(SCCCOC)c1C. The van der Waals surface area contributed by atoms with Crippen LogP contribution in [0.5, 0.6) is 0 Å². The fraction of sp³-hybridized carbons (Fsp3) is 0.692. The van der Waals surface area contributed by atoms with E-state index in [-0.39, 0.29) is 0 Å². The van der Waals surface area contributed by atoms with Gasteiger partial charge in [0.05, 0.1) is 0 Å². The molecule has 0 atom stereocenters. The van der Waals surface area contributed by atoms with Crippen molar-refractivity contribution < 1.29 is 4.74 Å². The van der Waals surface area contributed by atoms with Crippen molar-refractivity contribution in [3.05, 3.63) is 11.4 Å². The van der Waals surface area contributed by atoms with E-state index >= 15 is 0 Å². The predicted octanol–water partition coefficient (Wildman–Crippen LogP) is 2.91. The lowest BCUT2D eigenvalue weighted by molar-refractivity contribution is 0.200. The van der Waals surface area contributed by atoms with Gasteiger partial charge in [-0.15, -0.1) is 11.8 Å². The summed E-state index contributed by atoms with van der Waals surface area (Å²) in [6.45, 7) is 7.93. The maximum Gasteiger partial charge on any atom is 0.133 e. The third-order valence-electron chi connectivity index (χ3n) is 2.54. The Labute approximate surface area is 114 Å². The topological polar surface area (TPSA) is 47.0 Å². The Kier molecular flexibility index (Phi) is 7.05. The lowest BCUT2D eigenvalue weighted by atomic mass is 10.3. The minimum Gasteiger partial charge on any atom is -0.385 e. The molecule has 1 aromatic heterocycles. The number of methoxy groups -OCH3 is 1. The largest absolute Gasteiger partial charge is 0.385 e. The Morgan fingerprint density at radius 3 is 2.67 bits per heavy atom. The highest BCUT2D eigenvalue weighted by atomic mass is 32.2. The number of hydrogen-bond acceptors (Lipinski definition) is 5. The molecule has 0 amide bonds. The maximum atomic E-state index is 5.06. The lowest BCUT2D eigenvalue weighted by Crippen LogP contribution is -2.07. The molecule has 0 aliphatic heterocycles. The molecule has 1 rings (SSSR count). The van der Waals surface area contributed by atoms with E-state index < -0.39 is 0 Å². The number of thioether (sulfide) groups is 1. The molecular weight excluding hydrogens is 246 g/mol. The summed E-state index contributed by atoms with van der Waals surface area (Å²) < 4.78 is 5.06. The molecule has 0 radical (unpaired) electrons. The van der Waals surface area contributed by atoms with Crippen LogP contribution >= 0.6 is 11.8 Å². The molecule has 0 aliphatic rings. The van der Waals surface area contributed by atoms with Crippen LogP contribution in [-0.2, 0) is 11.2 Å². The van der Waals surface area contributed by atoms with E-state index in [0.717, 1.165) is 54.0 Å². The number of aromatic nitrogens is 2. The Balaban J connectivity index is 2.77. The third kappa shape index (κ3) is 4.46. The van der Waals surface area contributed by atoms with Crippen molar-refractivity contribution in [1.29, 1.82) is 0 Å². The normalized spacial score (nSPS) is 10.7. The number of nitrogens with one attached hydrogen (secondary N) is 1. The van der Waals surface area contributed by atoms with E-state index in [2.05, 4.69) is 36.1 Å². The van der Waals surface area contributed by atoms with Crippen molar-refractivity contribution in [3.8, 4) is 0 Å². The molecule has 0 unspecified atom stereocenters. The zero-order chi connectivity index (χ0) is 13.4. The Hall–Kier alpha value is -0.810. The van der Waals surface area contributed by atoms with Crippen LogP contribution in [-0.4, -0.2) is 36.0 Å². The summed E-state index contributed by atoms with van der Waals surface area (Å²) in [7, 11) is 1.74. The molecule has 1 N–H and O–H groups in total. The van der Waals surface area contributed by atoms with Crippen LogP contribution in [0.15, 0.2) is 5.03 Å². The molecule has 1 aromatic rings. The summed E-state index contributed by atoms with van der Waals surface area (Å²) in [6, 6.07) is 0. The van der Waals surface area contributed by atoms with E-state index in [4.69, 9.17) is 4.74 Å². The second kappa shape index (κ2) is 8.32. The molecule has 4 nitrogen and oxygen atoms in total. The van der Waals surface area contributed by atoms with Gasteiger partial charge in [0.25, 0.3) is 0 Å². The van der Waals surface area contributed by atoms with Gasteiger partial charge in [0.1, 0.15) is 16.7 Å². The van der Waals surface area contributed by atoms with Gasteiger partial charge in [-0.25, -0.2) is 9.97 Å². The second-order valence-corrected chi connectivity index (χ2v) is 5.08. The van der Waals surface area contributed by atoms with E-state index in [1.54, 1.807) is 18.9 Å². The number of hydrogen-bond donors (Lipinski definition) is 1. The van der Waals surface area contributed by atoms with E-state index in [1.165, 1.54) is 0 Å². The number of ether oxygens (including phenoxy) is 1. The molecule has 0 saturated carbocycles. The average Bonchev–Trinajstić information content (AvgIpc) is 2.38. The predicted molar refractivity (Wildman–Crippen MR) is 77.5 cm³/mol.